The molecule has 0 fully saturated rings. The van der Waals surface area contributed by atoms with Crippen LogP contribution in [0.4, 0.5) is 0 Å². The van der Waals surface area contributed by atoms with Crippen LogP contribution >= 0.6 is 0 Å². The highest BCUT2D eigenvalue weighted by atomic mass is 32.2. The molecule has 0 saturated carbocycles. The van der Waals surface area contributed by atoms with E-state index in [-0.39, 0.29) is 10.9 Å². The van der Waals surface area contributed by atoms with Gasteiger partial charge < -0.3 is 0 Å². The van der Waals surface area contributed by atoms with E-state index < -0.39 is 10.0 Å². The minimum absolute atomic E-state index is 0.0475. The molecule has 0 spiro atoms. The predicted molar refractivity (Wildman–Crippen MR) is 67.1 cm³/mol. The Morgan fingerprint density at radius 3 is 2.59 bits per heavy atom. The molecule has 1 aromatic rings. The zero-order valence-corrected chi connectivity index (χ0v) is 11.4. The molecule has 98 valence electrons. The number of hydrogen-bond acceptors (Lipinski definition) is 3. The van der Waals surface area contributed by atoms with Gasteiger partial charge in [0.1, 0.15) is 4.90 Å². The maximum atomic E-state index is 11.8. The second-order valence-electron chi connectivity index (χ2n) is 4.78. The van der Waals surface area contributed by atoms with E-state index in [1.807, 2.05) is 6.92 Å². The summed E-state index contributed by atoms with van der Waals surface area (Å²) >= 11 is 0. The molecule has 1 heterocycles. The molecule has 6 heteroatoms. The highest BCUT2D eigenvalue weighted by molar-refractivity contribution is 7.89. The van der Waals surface area contributed by atoms with Gasteiger partial charge in [-0.3, -0.25) is 5.10 Å². The first-order valence-corrected chi connectivity index (χ1v) is 7.41. The smallest absolute Gasteiger partial charge is 0.243 e. The van der Waals surface area contributed by atoms with Crippen molar-refractivity contribution >= 4 is 10.0 Å². The van der Waals surface area contributed by atoms with E-state index in [1.165, 1.54) is 12.4 Å². The van der Waals surface area contributed by atoms with Crippen LogP contribution in [0, 0.1) is 5.92 Å². The van der Waals surface area contributed by atoms with Crippen LogP contribution in [0.3, 0.4) is 0 Å². The van der Waals surface area contributed by atoms with Crippen molar-refractivity contribution < 1.29 is 8.42 Å². The standard InChI is InChI=1S/C11H21N3O2S/c1-9(2)5-4-6-10(3)14-17(15,16)11-7-12-13-8-11/h7-10,14H,4-6H2,1-3H3,(H,12,13). The first kappa shape index (κ1) is 14.2. The summed E-state index contributed by atoms with van der Waals surface area (Å²) in [6.07, 6.45) is 5.70. The predicted octanol–water partition coefficient (Wildman–Crippen LogP) is 1.90. The summed E-state index contributed by atoms with van der Waals surface area (Å²) < 4.78 is 26.3. The molecule has 2 N–H and O–H groups in total. The number of hydrogen-bond donors (Lipinski definition) is 2. The van der Waals surface area contributed by atoms with Crippen molar-refractivity contribution in [2.75, 3.05) is 0 Å². The Kier molecular flexibility index (Phi) is 5.14. The number of aromatic amines is 1. The van der Waals surface area contributed by atoms with Crippen LogP contribution < -0.4 is 4.72 Å². The molecule has 17 heavy (non-hydrogen) atoms. The van der Waals surface area contributed by atoms with Crippen molar-refractivity contribution in [3.05, 3.63) is 12.4 Å². The zero-order valence-electron chi connectivity index (χ0n) is 10.6. The van der Waals surface area contributed by atoms with E-state index in [0.717, 1.165) is 19.3 Å². The highest BCUT2D eigenvalue weighted by Crippen LogP contribution is 2.11. The van der Waals surface area contributed by atoms with Crippen molar-refractivity contribution in [2.45, 2.75) is 51.0 Å². The number of H-pyrrole nitrogens is 1. The van der Waals surface area contributed by atoms with Crippen molar-refractivity contribution in [3.63, 3.8) is 0 Å². The van der Waals surface area contributed by atoms with Crippen LogP contribution in [0.25, 0.3) is 0 Å². The van der Waals surface area contributed by atoms with Crippen LogP contribution in [0.15, 0.2) is 17.3 Å². The van der Waals surface area contributed by atoms with Crippen LogP contribution in [0.2, 0.25) is 0 Å². The van der Waals surface area contributed by atoms with E-state index in [1.54, 1.807) is 0 Å². The van der Waals surface area contributed by atoms with Gasteiger partial charge in [0.25, 0.3) is 0 Å². The lowest BCUT2D eigenvalue weighted by Crippen LogP contribution is -2.32. The Bertz CT molecular complexity index is 412. The number of nitrogens with one attached hydrogen (secondary N) is 2. The van der Waals surface area contributed by atoms with Gasteiger partial charge in [-0.2, -0.15) is 5.10 Å². The van der Waals surface area contributed by atoms with Gasteiger partial charge in [-0.1, -0.05) is 26.7 Å². The van der Waals surface area contributed by atoms with E-state index >= 15 is 0 Å². The lowest BCUT2D eigenvalue weighted by molar-refractivity contribution is 0.488. The molecular weight excluding hydrogens is 238 g/mol. The van der Waals surface area contributed by atoms with Crippen molar-refractivity contribution in [3.8, 4) is 0 Å². The molecule has 5 nitrogen and oxygen atoms in total. The quantitative estimate of drug-likeness (QED) is 0.785. The van der Waals surface area contributed by atoms with E-state index in [9.17, 15) is 8.42 Å². The van der Waals surface area contributed by atoms with Crippen molar-refractivity contribution in [1.82, 2.24) is 14.9 Å². The monoisotopic (exact) mass is 259 g/mol. The van der Waals surface area contributed by atoms with Crippen LogP contribution in [0.1, 0.15) is 40.0 Å². The average Bonchev–Trinajstić information content (AvgIpc) is 2.68. The third-order valence-corrected chi connectivity index (χ3v) is 4.11. The summed E-state index contributed by atoms with van der Waals surface area (Å²) in [5, 5.41) is 6.13. The Hall–Kier alpha value is -0.880. The number of aromatic nitrogens is 2. The van der Waals surface area contributed by atoms with Crippen LogP contribution in [-0.4, -0.2) is 24.7 Å². The van der Waals surface area contributed by atoms with Gasteiger partial charge in [0.05, 0.1) is 6.20 Å². The molecule has 0 radical (unpaired) electrons. The number of rotatable bonds is 7. The molecular formula is C11H21N3O2S. The SMILES string of the molecule is CC(C)CCCC(C)NS(=O)(=O)c1cn[nH]c1. The van der Waals surface area contributed by atoms with E-state index in [0.29, 0.717) is 5.92 Å². The van der Waals surface area contributed by atoms with E-state index in [4.69, 9.17) is 0 Å². The fourth-order valence-corrected chi connectivity index (χ4v) is 2.79. The Morgan fingerprint density at radius 2 is 2.06 bits per heavy atom. The summed E-state index contributed by atoms with van der Waals surface area (Å²) in [5.74, 6) is 0.660. The van der Waals surface area contributed by atoms with Crippen molar-refractivity contribution in [1.29, 1.82) is 0 Å². The topological polar surface area (TPSA) is 74.8 Å². The minimum atomic E-state index is -3.41. The Balaban J connectivity index is 2.43. The van der Waals surface area contributed by atoms with Crippen molar-refractivity contribution in [2.24, 2.45) is 5.92 Å². The summed E-state index contributed by atoms with van der Waals surface area (Å²) in [4.78, 5) is 0.188. The maximum absolute atomic E-state index is 11.8. The van der Waals surface area contributed by atoms with Gasteiger partial charge in [0.15, 0.2) is 0 Å². The molecule has 0 aromatic carbocycles. The lowest BCUT2D eigenvalue weighted by Gasteiger charge is -2.13. The second kappa shape index (κ2) is 6.16. The molecule has 0 bridgehead atoms. The Labute approximate surface area is 103 Å². The fourth-order valence-electron chi connectivity index (χ4n) is 1.61. The zero-order chi connectivity index (χ0) is 12.9. The molecule has 0 aliphatic rings. The molecule has 1 rings (SSSR count). The van der Waals surface area contributed by atoms with Gasteiger partial charge in [-0.05, 0) is 19.3 Å². The molecule has 0 amide bonds. The molecule has 1 unspecified atom stereocenters. The maximum Gasteiger partial charge on any atom is 0.243 e. The summed E-state index contributed by atoms with van der Waals surface area (Å²) in [5.41, 5.74) is 0. The summed E-state index contributed by atoms with van der Waals surface area (Å²) in [6, 6.07) is -0.0475. The van der Waals surface area contributed by atoms with Crippen LogP contribution in [-0.2, 0) is 10.0 Å². The first-order chi connectivity index (χ1) is 7.92. The summed E-state index contributed by atoms with van der Waals surface area (Å²) in [6.45, 7) is 6.22. The third kappa shape index (κ3) is 4.87. The Morgan fingerprint density at radius 1 is 1.35 bits per heavy atom. The summed E-state index contributed by atoms with van der Waals surface area (Å²) in [7, 11) is -3.41. The van der Waals surface area contributed by atoms with Gasteiger partial charge in [0.2, 0.25) is 10.0 Å². The van der Waals surface area contributed by atoms with E-state index in [2.05, 4.69) is 28.8 Å². The number of nitrogens with zero attached hydrogens (tertiary/aromatic N) is 1. The molecule has 1 atom stereocenters. The van der Waals surface area contributed by atoms with Gasteiger partial charge in [0, 0.05) is 12.2 Å². The molecule has 0 aliphatic carbocycles. The largest absolute Gasteiger partial charge is 0.284 e. The lowest BCUT2D eigenvalue weighted by atomic mass is 10.0. The molecule has 0 saturated heterocycles. The van der Waals surface area contributed by atoms with Gasteiger partial charge >= 0.3 is 0 Å². The highest BCUT2D eigenvalue weighted by Gasteiger charge is 2.17. The normalized spacial score (nSPS) is 14.1. The molecule has 0 aliphatic heterocycles. The van der Waals surface area contributed by atoms with Crippen LogP contribution in [0.5, 0.6) is 0 Å². The third-order valence-electron chi connectivity index (χ3n) is 2.56. The minimum Gasteiger partial charge on any atom is -0.284 e. The molecule has 1 aromatic heterocycles. The first-order valence-electron chi connectivity index (χ1n) is 5.93. The second-order valence-corrected chi connectivity index (χ2v) is 6.50. The fraction of sp³-hybridized carbons (Fsp3) is 0.727. The van der Waals surface area contributed by atoms with Gasteiger partial charge in [-0.25, -0.2) is 13.1 Å². The number of sulfonamides is 1. The average molecular weight is 259 g/mol. The van der Waals surface area contributed by atoms with Gasteiger partial charge in [-0.15, -0.1) is 0 Å².